The van der Waals surface area contributed by atoms with Crippen LogP contribution in [0.2, 0.25) is 5.02 Å². The molecule has 0 aliphatic heterocycles. The highest BCUT2D eigenvalue weighted by atomic mass is 35.5. The molecule has 0 atom stereocenters. The van der Waals surface area contributed by atoms with E-state index in [-0.39, 0.29) is 10.7 Å². The van der Waals surface area contributed by atoms with Crippen molar-refractivity contribution < 1.29 is 13.2 Å². The van der Waals surface area contributed by atoms with Crippen molar-refractivity contribution in [1.82, 2.24) is 0 Å². The first-order valence-electron chi connectivity index (χ1n) is 5.20. The summed E-state index contributed by atoms with van der Waals surface area (Å²) in [6.07, 6.45) is -1.03. The van der Waals surface area contributed by atoms with Crippen molar-refractivity contribution in [3.05, 3.63) is 40.6 Å². The topological polar surface area (TPSA) is 38.4 Å². The summed E-state index contributed by atoms with van der Waals surface area (Å²) in [6.45, 7) is 1.87. The Morgan fingerprint density at radius 3 is 2.61 bits per heavy atom. The molecule has 1 rings (SSSR count). The van der Waals surface area contributed by atoms with E-state index in [0.29, 0.717) is 6.42 Å². The molecular weight excluding hydrogens is 265 g/mol. The lowest BCUT2D eigenvalue weighted by Gasteiger charge is -2.09. The standard InChI is InChI=1S/C12H12ClF3N2/c1-2-8(6-17)7-18-9-3-4-11(13)10(5-9)12(14,15)16/h3-7H,2,17H2,1H3/b8-6-,18-7?. The van der Waals surface area contributed by atoms with E-state index in [4.69, 9.17) is 17.3 Å². The summed E-state index contributed by atoms with van der Waals surface area (Å²) < 4.78 is 37.8. The molecule has 0 unspecified atom stereocenters. The monoisotopic (exact) mass is 276 g/mol. The Balaban J connectivity index is 3.07. The number of aliphatic imine (C=N–C) groups is 1. The minimum atomic E-state index is -4.49. The van der Waals surface area contributed by atoms with Gasteiger partial charge in [-0.1, -0.05) is 18.5 Å². The lowest BCUT2D eigenvalue weighted by molar-refractivity contribution is -0.137. The van der Waals surface area contributed by atoms with Crippen LogP contribution >= 0.6 is 11.6 Å². The van der Waals surface area contributed by atoms with Crippen molar-refractivity contribution in [2.45, 2.75) is 19.5 Å². The number of hydrogen-bond donors (Lipinski definition) is 1. The molecule has 0 radical (unpaired) electrons. The van der Waals surface area contributed by atoms with Crippen LogP contribution in [0.4, 0.5) is 18.9 Å². The quantitative estimate of drug-likeness (QED) is 0.821. The van der Waals surface area contributed by atoms with E-state index in [2.05, 4.69) is 4.99 Å². The van der Waals surface area contributed by atoms with E-state index < -0.39 is 11.7 Å². The number of benzene rings is 1. The molecule has 0 spiro atoms. The van der Waals surface area contributed by atoms with Gasteiger partial charge in [0.15, 0.2) is 0 Å². The van der Waals surface area contributed by atoms with Crippen LogP contribution < -0.4 is 5.73 Å². The third-order valence-corrected chi connectivity index (χ3v) is 2.59. The van der Waals surface area contributed by atoms with E-state index >= 15 is 0 Å². The van der Waals surface area contributed by atoms with Gasteiger partial charge in [-0.3, -0.25) is 4.99 Å². The van der Waals surface area contributed by atoms with E-state index in [1.54, 1.807) is 0 Å². The summed E-state index contributed by atoms with van der Waals surface area (Å²) in [7, 11) is 0. The Labute approximate surface area is 108 Å². The zero-order valence-corrected chi connectivity index (χ0v) is 10.4. The fourth-order valence-electron chi connectivity index (χ4n) is 1.22. The average molecular weight is 277 g/mol. The predicted octanol–water partition coefficient (Wildman–Crippen LogP) is 4.31. The molecule has 1 aromatic rings. The molecule has 1 aromatic carbocycles. The van der Waals surface area contributed by atoms with Gasteiger partial charge in [-0.15, -0.1) is 0 Å². The number of halogens is 4. The van der Waals surface area contributed by atoms with Gasteiger partial charge >= 0.3 is 6.18 Å². The first kappa shape index (κ1) is 14.6. The normalized spacial score (nSPS) is 13.3. The Kier molecular flexibility index (Phi) is 4.78. The van der Waals surface area contributed by atoms with Crippen molar-refractivity contribution in [2.75, 3.05) is 0 Å². The van der Waals surface area contributed by atoms with Gasteiger partial charge in [0.05, 0.1) is 16.3 Å². The number of hydrogen-bond acceptors (Lipinski definition) is 2. The second kappa shape index (κ2) is 5.91. The van der Waals surface area contributed by atoms with Gasteiger partial charge in [-0.25, -0.2) is 0 Å². The molecule has 2 nitrogen and oxygen atoms in total. The van der Waals surface area contributed by atoms with Gasteiger partial charge in [0.1, 0.15) is 0 Å². The first-order valence-corrected chi connectivity index (χ1v) is 5.58. The predicted molar refractivity (Wildman–Crippen MR) is 67.2 cm³/mol. The Morgan fingerprint density at radius 1 is 1.44 bits per heavy atom. The van der Waals surface area contributed by atoms with Crippen LogP contribution in [0.25, 0.3) is 0 Å². The van der Waals surface area contributed by atoms with Gasteiger partial charge in [-0.05, 0) is 36.4 Å². The summed E-state index contributed by atoms with van der Waals surface area (Å²) in [4.78, 5) is 3.93. The van der Waals surface area contributed by atoms with Crippen LogP contribution in [0.15, 0.2) is 35.0 Å². The molecule has 0 saturated heterocycles. The molecule has 6 heteroatoms. The lowest BCUT2D eigenvalue weighted by atomic mass is 10.2. The molecule has 0 aliphatic carbocycles. The highest BCUT2D eigenvalue weighted by Gasteiger charge is 2.33. The van der Waals surface area contributed by atoms with Gasteiger partial charge in [0.2, 0.25) is 0 Å². The van der Waals surface area contributed by atoms with E-state index in [1.165, 1.54) is 24.5 Å². The van der Waals surface area contributed by atoms with Crippen LogP contribution in [0.1, 0.15) is 18.9 Å². The van der Waals surface area contributed by atoms with Crippen molar-refractivity contribution >= 4 is 23.5 Å². The highest BCUT2D eigenvalue weighted by Crippen LogP contribution is 2.36. The maximum atomic E-state index is 12.6. The molecule has 18 heavy (non-hydrogen) atoms. The largest absolute Gasteiger partial charge is 0.417 e. The molecule has 98 valence electrons. The van der Waals surface area contributed by atoms with Crippen LogP contribution in [0, 0.1) is 0 Å². The van der Waals surface area contributed by atoms with E-state index in [9.17, 15) is 13.2 Å². The minimum absolute atomic E-state index is 0.180. The van der Waals surface area contributed by atoms with Crippen molar-refractivity contribution in [2.24, 2.45) is 10.7 Å². The highest BCUT2D eigenvalue weighted by molar-refractivity contribution is 6.31. The summed E-state index contributed by atoms with van der Waals surface area (Å²) in [5.41, 5.74) is 5.34. The Bertz CT molecular complexity index is 479. The number of rotatable bonds is 3. The molecular formula is C12H12ClF3N2. The third-order valence-electron chi connectivity index (χ3n) is 2.26. The van der Waals surface area contributed by atoms with Crippen molar-refractivity contribution in [3.8, 4) is 0 Å². The van der Waals surface area contributed by atoms with Crippen LogP contribution in [0.3, 0.4) is 0 Å². The fourth-order valence-corrected chi connectivity index (χ4v) is 1.45. The van der Waals surface area contributed by atoms with Gasteiger partial charge in [-0.2, -0.15) is 13.2 Å². The molecule has 0 bridgehead atoms. The second-order valence-electron chi connectivity index (χ2n) is 3.52. The Morgan fingerprint density at radius 2 is 2.11 bits per heavy atom. The SMILES string of the molecule is CC/C(C=Nc1ccc(Cl)c(C(F)(F)F)c1)=C/N. The van der Waals surface area contributed by atoms with Crippen molar-refractivity contribution in [3.63, 3.8) is 0 Å². The lowest BCUT2D eigenvalue weighted by Crippen LogP contribution is -2.05. The molecule has 2 N–H and O–H groups in total. The van der Waals surface area contributed by atoms with E-state index in [0.717, 1.165) is 11.6 Å². The van der Waals surface area contributed by atoms with E-state index in [1.807, 2.05) is 6.92 Å². The number of allylic oxidation sites excluding steroid dienone is 1. The van der Waals surface area contributed by atoms with Crippen LogP contribution in [-0.2, 0) is 6.18 Å². The molecule has 0 amide bonds. The van der Waals surface area contributed by atoms with Crippen LogP contribution in [-0.4, -0.2) is 6.21 Å². The first-order chi connectivity index (χ1) is 8.38. The van der Waals surface area contributed by atoms with Gasteiger partial charge in [0, 0.05) is 6.21 Å². The summed E-state index contributed by atoms with van der Waals surface area (Å²) in [5.74, 6) is 0. The fraction of sp³-hybridized carbons (Fsp3) is 0.250. The third kappa shape index (κ3) is 3.77. The molecule has 0 aliphatic rings. The zero-order chi connectivity index (χ0) is 13.8. The number of alkyl halides is 3. The number of nitrogens with two attached hydrogens (primary N) is 1. The molecule has 0 fully saturated rings. The zero-order valence-electron chi connectivity index (χ0n) is 9.63. The maximum absolute atomic E-state index is 12.6. The molecule has 0 saturated carbocycles. The maximum Gasteiger partial charge on any atom is 0.417 e. The molecule has 0 aromatic heterocycles. The van der Waals surface area contributed by atoms with Gasteiger partial charge in [0.25, 0.3) is 0 Å². The summed E-state index contributed by atoms with van der Waals surface area (Å²) in [6, 6.07) is 3.50. The summed E-state index contributed by atoms with van der Waals surface area (Å²) in [5, 5.41) is -0.341. The smallest absolute Gasteiger partial charge is 0.404 e. The summed E-state index contributed by atoms with van der Waals surface area (Å²) >= 11 is 5.49. The Hall–Kier alpha value is -1.49. The van der Waals surface area contributed by atoms with Crippen molar-refractivity contribution in [1.29, 1.82) is 0 Å². The van der Waals surface area contributed by atoms with Gasteiger partial charge < -0.3 is 5.73 Å². The minimum Gasteiger partial charge on any atom is -0.404 e. The molecule has 0 heterocycles. The second-order valence-corrected chi connectivity index (χ2v) is 3.92. The number of nitrogens with zero attached hydrogens (tertiary/aromatic N) is 1. The van der Waals surface area contributed by atoms with Crippen LogP contribution in [0.5, 0.6) is 0 Å². The average Bonchev–Trinajstić information content (AvgIpc) is 2.31.